The van der Waals surface area contributed by atoms with Crippen molar-refractivity contribution >= 4 is 0 Å². The van der Waals surface area contributed by atoms with Gasteiger partial charge in [0.1, 0.15) is 11.6 Å². The lowest BCUT2D eigenvalue weighted by Crippen LogP contribution is -2.55. The number of hydrogen-bond acceptors (Lipinski definition) is 3. The van der Waals surface area contributed by atoms with Crippen LogP contribution in [0.5, 0.6) is 0 Å². The summed E-state index contributed by atoms with van der Waals surface area (Å²) in [6.45, 7) is 11.3. The summed E-state index contributed by atoms with van der Waals surface area (Å²) in [6, 6.07) is 3.86. The minimum Gasteiger partial charge on any atom is -0.379 e. The maximum absolute atomic E-state index is 13.3. The number of rotatable bonds is 5. The SMILES string of the molecule is CC(C)(CN1CCC(Cc2cc(F)cc(F)c2)C1)N1CCOCC1. The molecule has 0 spiro atoms. The zero-order valence-electron chi connectivity index (χ0n) is 14.7. The van der Waals surface area contributed by atoms with Gasteiger partial charge in [0, 0.05) is 37.8 Å². The Kier molecular flexibility index (Phi) is 5.52. The summed E-state index contributed by atoms with van der Waals surface area (Å²) in [4.78, 5) is 5.00. The van der Waals surface area contributed by atoms with Crippen LogP contribution in [0.15, 0.2) is 18.2 Å². The highest BCUT2D eigenvalue weighted by Crippen LogP contribution is 2.25. The van der Waals surface area contributed by atoms with Crippen molar-refractivity contribution in [2.24, 2.45) is 5.92 Å². The molecule has 5 heteroatoms. The predicted octanol–water partition coefficient (Wildman–Crippen LogP) is 2.94. The van der Waals surface area contributed by atoms with E-state index >= 15 is 0 Å². The van der Waals surface area contributed by atoms with E-state index in [1.165, 1.54) is 12.1 Å². The molecule has 1 aromatic rings. The van der Waals surface area contributed by atoms with Gasteiger partial charge in [0.15, 0.2) is 0 Å². The van der Waals surface area contributed by atoms with E-state index in [2.05, 4.69) is 23.6 Å². The lowest BCUT2D eigenvalue weighted by molar-refractivity contribution is -0.0198. The van der Waals surface area contributed by atoms with Gasteiger partial charge in [-0.25, -0.2) is 8.78 Å². The van der Waals surface area contributed by atoms with Crippen LogP contribution in [0.3, 0.4) is 0 Å². The highest BCUT2D eigenvalue weighted by atomic mass is 19.1. The molecule has 0 aliphatic carbocycles. The van der Waals surface area contributed by atoms with Crippen molar-refractivity contribution in [2.45, 2.75) is 32.2 Å². The van der Waals surface area contributed by atoms with Gasteiger partial charge in [0.05, 0.1) is 13.2 Å². The summed E-state index contributed by atoms with van der Waals surface area (Å²) in [5.74, 6) is -0.478. The molecular weight excluding hydrogens is 310 g/mol. The Hall–Kier alpha value is -1.04. The van der Waals surface area contributed by atoms with Gasteiger partial charge in [-0.3, -0.25) is 4.90 Å². The standard InChI is InChI=1S/C19H28F2N2O/c1-19(2,23-5-7-24-8-6-23)14-22-4-3-15(13-22)9-16-10-17(20)12-18(21)11-16/h10-12,15H,3-9,13-14H2,1-2H3. The third kappa shape index (κ3) is 4.52. The van der Waals surface area contributed by atoms with E-state index in [9.17, 15) is 8.78 Å². The van der Waals surface area contributed by atoms with E-state index in [0.29, 0.717) is 5.92 Å². The monoisotopic (exact) mass is 338 g/mol. The quantitative estimate of drug-likeness (QED) is 0.821. The molecule has 1 aromatic carbocycles. The predicted molar refractivity (Wildman–Crippen MR) is 91.1 cm³/mol. The molecule has 3 nitrogen and oxygen atoms in total. The summed E-state index contributed by atoms with van der Waals surface area (Å²) in [5.41, 5.74) is 0.899. The number of ether oxygens (including phenoxy) is 1. The van der Waals surface area contributed by atoms with Gasteiger partial charge < -0.3 is 9.64 Å². The van der Waals surface area contributed by atoms with Gasteiger partial charge in [0.25, 0.3) is 0 Å². The van der Waals surface area contributed by atoms with Crippen LogP contribution in [0.1, 0.15) is 25.8 Å². The summed E-state index contributed by atoms with van der Waals surface area (Å²) < 4.78 is 32.1. The number of halogens is 2. The summed E-state index contributed by atoms with van der Waals surface area (Å²) in [7, 11) is 0. The van der Waals surface area contributed by atoms with Crippen LogP contribution >= 0.6 is 0 Å². The molecule has 2 saturated heterocycles. The van der Waals surface area contributed by atoms with Crippen LogP contribution in [0, 0.1) is 17.6 Å². The van der Waals surface area contributed by atoms with Gasteiger partial charge in [-0.05, 0) is 56.8 Å². The highest BCUT2D eigenvalue weighted by molar-refractivity contribution is 5.18. The van der Waals surface area contributed by atoms with Crippen molar-refractivity contribution < 1.29 is 13.5 Å². The number of morpholine rings is 1. The fourth-order valence-electron chi connectivity index (χ4n) is 4.10. The second-order valence-corrected chi connectivity index (χ2v) is 7.78. The minimum absolute atomic E-state index is 0.129. The molecule has 24 heavy (non-hydrogen) atoms. The van der Waals surface area contributed by atoms with Crippen molar-refractivity contribution in [3.05, 3.63) is 35.4 Å². The van der Waals surface area contributed by atoms with Crippen molar-refractivity contribution in [3.8, 4) is 0 Å². The molecule has 3 rings (SSSR count). The molecule has 134 valence electrons. The minimum atomic E-state index is -0.478. The Morgan fingerprint density at radius 3 is 2.42 bits per heavy atom. The first-order valence-corrected chi connectivity index (χ1v) is 8.92. The average molecular weight is 338 g/mol. The lowest BCUT2D eigenvalue weighted by atomic mass is 9.98. The Balaban J connectivity index is 1.53. The average Bonchev–Trinajstić information content (AvgIpc) is 2.93. The molecule has 1 atom stereocenters. The number of nitrogens with zero attached hydrogens (tertiary/aromatic N) is 2. The first-order valence-electron chi connectivity index (χ1n) is 8.92. The zero-order chi connectivity index (χ0) is 17.2. The Morgan fingerprint density at radius 1 is 1.08 bits per heavy atom. The first-order chi connectivity index (χ1) is 11.4. The van der Waals surface area contributed by atoms with E-state index < -0.39 is 11.6 Å². The number of hydrogen-bond donors (Lipinski definition) is 0. The third-order valence-corrected chi connectivity index (χ3v) is 5.29. The normalized spacial score (nSPS) is 23.8. The maximum atomic E-state index is 13.3. The fourth-order valence-corrected chi connectivity index (χ4v) is 4.10. The molecule has 0 amide bonds. The third-order valence-electron chi connectivity index (χ3n) is 5.29. The van der Waals surface area contributed by atoms with E-state index in [1.54, 1.807) is 0 Å². The summed E-state index contributed by atoms with van der Waals surface area (Å²) in [5, 5.41) is 0. The van der Waals surface area contributed by atoms with Crippen LogP contribution in [0.2, 0.25) is 0 Å². The van der Waals surface area contributed by atoms with E-state index in [-0.39, 0.29) is 5.54 Å². The first kappa shape index (κ1) is 17.8. The second kappa shape index (κ2) is 7.46. The largest absolute Gasteiger partial charge is 0.379 e. The molecule has 0 bridgehead atoms. The van der Waals surface area contributed by atoms with Crippen molar-refractivity contribution in [1.29, 1.82) is 0 Å². The van der Waals surface area contributed by atoms with Crippen LogP contribution in [0.4, 0.5) is 8.78 Å². The van der Waals surface area contributed by atoms with Crippen LogP contribution in [0.25, 0.3) is 0 Å². The highest BCUT2D eigenvalue weighted by Gasteiger charge is 2.33. The van der Waals surface area contributed by atoms with Crippen molar-refractivity contribution in [3.63, 3.8) is 0 Å². The van der Waals surface area contributed by atoms with Gasteiger partial charge in [-0.1, -0.05) is 0 Å². The van der Waals surface area contributed by atoms with Gasteiger partial charge in [0.2, 0.25) is 0 Å². The fraction of sp³-hybridized carbons (Fsp3) is 0.684. The van der Waals surface area contributed by atoms with Gasteiger partial charge in [-0.15, -0.1) is 0 Å². The molecule has 2 heterocycles. The van der Waals surface area contributed by atoms with E-state index in [4.69, 9.17) is 4.74 Å². The second-order valence-electron chi connectivity index (χ2n) is 7.78. The molecule has 1 unspecified atom stereocenters. The Bertz CT molecular complexity index is 538. The topological polar surface area (TPSA) is 15.7 Å². The molecular formula is C19H28F2N2O. The molecule has 0 aromatic heterocycles. The van der Waals surface area contributed by atoms with E-state index in [0.717, 1.165) is 70.4 Å². The van der Waals surface area contributed by atoms with Gasteiger partial charge in [-0.2, -0.15) is 0 Å². The van der Waals surface area contributed by atoms with Gasteiger partial charge >= 0.3 is 0 Å². The molecule has 0 radical (unpaired) electrons. The summed E-state index contributed by atoms with van der Waals surface area (Å²) >= 11 is 0. The number of likely N-dealkylation sites (tertiary alicyclic amines) is 1. The van der Waals surface area contributed by atoms with Crippen molar-refractivity contribution in [2.75, 3.05) is 45.9 Å². The molecule has 2 fully saturated rings. The molecule has 0 saturated carbocycles. The molecule has 0 N–H and O–H groups in total. The molecule has 2 aliphatic heterocycles. The Morgan fingerprint density at radius 2 is 1.75 bits per heavy atom. The van der Waals surface area contributed by atoms with Crippen LogP contribution in [-0.4, -0.2) is 61.3 Å². The maximum Gasteiger partial charge on any atom is 0.126 e. The summed E-state index contributed by atoms with van der Waals surface area (Å²) in [6.07, 6.45) is 1.85. The molecule has 2 aliphatic rings. The van der Waals surface area contributed by atoms with Crippen LogP contribution in [-0.2, 0) is 11.2 Å². The lowest BCUT2D eigenvalue weighted by Gasteiger charge is -2.43. The smallest absolute Gasteiger partial charge is 0.126 e. The Labute approximate surface area is 143 Å². The van der Waals surface area contributed by atoms with Crippen molar-refractivity contribution in [1.82, 2.24) is 9.80 Å². The number of benzene rings is 1. The zero-order valence-corrected chi connectivity index (χ0v) is 14.7. The van der Waals surface area contributed by atoms with E-state index in [1.807, 2.05) is 0 Å². The van der Waals surface area contributed by atoms with Crippen LogP contribution < -0.4 is 0 Å².